The molecule has 0 aliphatic heterocycles. The zero-order valence-corrected chi connectivity index (χ0v) is 13.9. The molecular weight excluding hydrogens is 353 g/mol. The molecule has 130 valence electrons. The van der Waals surface area contributed by atoms with E-state index in [0.29, 0.717) is 16.6 Å². The fourth-order valence-electron chi connectivity index (χ4n) is 2.22. The quantitative estimate of drug-likeness (QED) is 0.639. The number of nitrogens with zero attached hydrogens (tertiary/aromatic N) is 4. The molecule has 0 aliphatic carbocycles. The SMILES string of the molecule is COc1ccc(-n2nnnc2SCc2ccccc2C(F)(F)F)cc1. The molecule has 0 saturated heterocycles. The van der Waals surface area contributed by atoms with E-state index in [1.165, 1.54) is 16.8 Å². The van der Waals surface area contributed by atoms with Crippen molar-refractivity contribution in [3.05, 3.63) is 59.7 Å². The van der Waals surface area contributed by atoms with Crippen LogP contribution in [0, 0.1) is 0 Å². The second kappa shape index (κ2) is 7.14. The first kappa shape index (κ1) is 17.3. The maximum atomic E-state index is 13.1. The number of thioether (sulfide) groups is 1. The Kier molecular flexibility index (Phi) is 4.93. The van der Waals surface area contributed by atoms with Crippen molar-refractivity contribution in [2.45, 2.75) is 17.1 Å². The van der Waals surface area contributed by atoms with Crippen LogP contribution >= 0.6 is 11.8 Å². The smallest absolute Gasteiger partial charge is 0.416 e. The summed E-state index contributed by atoms with van der Waals surface area (Å²) in [6, 6.07) is 12.5. The molecule has 5 nitrogen and oxygen atoms in total. The highest BCUT2D eigenvalue weighted by molar-refractivity contribution is 7.98. The molecule has 0 radical (unpaired) electrons. The van der Waals surface area contributed by atoms with Crippen molar-refractivity contribution in [1.82, 2.24) is 20.2 Å². The maximum absolute atomic E-state index is 13.1. The normalized spacial score (nSPS) is 11.5. The summed E-state index contributed by atoms with van der Waals surface area (Å²) in [7, 11) is 1.56. The summed E-state index contributed by atoms with van der Waals surface area (Å²) in [5, 5.41) is 11.8. The monoisotopic (exact) mass is 366 g/mol. The van der Waals surface area contributed by atoms with E-state index in [4.69, 9.17) is 4.74 Å². The molecule has 0 unspecified atom stereocenters. The third kappa shape index (κ3) is 3.93. The van der Waals surface area contributed by atoms with Gasteiger partial charge in [-0.25, -0.2) is 0 Å². The number of ether oxygens (including phenoxy) is 1. The molecule has 0 bridgehead atoms. The Morgan fingerprint density at radius 1 is 1.08 bits per heavy atom. The van der Waals surface area contributed by atoms with Gasteiger partial charge in [0.1, 0.15) is 5.75 Å². The van der Waals surface area contributed by atoms with Gasteiger partial charge in [0.15, 0.2) is 0 Å². The predicted molar refractivity (Wildman–Crippen MR) is 86.7 cm³/mol. The molecule has 3 aromatic rings. The molecule has 9 heteroatoms. The van der Waals surface area contributed by atoms with Gasteiger partial charge >= 0.3 is 6.18 Å². The van der Waals surface area contributed by atoms with Crippen LogP contribution < -0.4 is 4.74 Å². The topological polar surface area (TPSA) is 52.8 Å². The van der Waals surface area contributed by atoms with Crippen LogP contribution in [0.1, 0.15) is 11.1 Å². The first-order valence-corrected chi connectivity index (χ1v) is 8.18. The van der Waals surface area contributed by atoms with Crippen LogP contribution in [0.5, 0.6) is 5.75 Å². The Bertz CT molecular complexity index is 849. The van der Waals surface area contributed by atoms with Crippen LogP contribution in [0.15, 0.2) is 53.7 Å². The van der Waals surface area contributed by atoms with Gasteiger partial charge in [-0.3, -0.25) is 0 Å². The van der Waals surface area contributed by atoms with Crippen LogP contribution in [-0.4, -0.2) is 27.3 Å². The van der Waals surface area contributed by atoms with Crippen LogP contribution in [0.25, 0.3) is 5.69 Å². The highest BCUT2D eigenvalue weighted by Gasteiger charge is 2.32. The van der Waals surface area contributed by atoms with Crippen LogP contribution in [0.3, 0.4) is 0 Å². The largest absolute Gasteiger partial charge is 0.497 e. The summed E-state index contributed by atoms with van der Waals surface area (Å²) in [5.74, 6) is 0.789. The minimum atomic E-state index is -4.39. The van der Waals surface area contributed by atoms with Crippen LogP contribution in [0.2, 0.25) is 0 Å². The lowest BCUT2D eigenvalue weighted by molar-refractivity contribution is -0.138. The molecular formula is C16H13F3N4OS. The Hall–Kier alpha value is -2.55. The number of hydrogen-bond acceptors (Lipinski definition) is 5. The van der Waals surface area contributed by atoms with Gasteiger partial charge in [0.05, 0.1) is 18.4 Å². The van der Waals surface area contributed by atoms with Crippen molar-refractivity contribution in [2.75, 3.05) is 7.11 Å². The predicted octanol–water partition coefficient (Wildman–Crippen LogP) is 3.98. The second-order valence-electron chi connectivity index (χ2n) is 5.01. The summed E-state index contributed by atoms with van der Waals surface area (Å²) in [6.45, 7) is 0. The number of methoxy groups -OCH3 is 1. The Morgan fingerprint density at radius 2 is 1.80 bits per heavy atom. The lowest BCUT2D eigenvalue weighted by Crippen LogP contribution is -2.08. The molecule has 1 aromatic heterocycles. The summed E-state index contributed by atoms with van der Waals surface area (Å²) < 4.78 is 45.8. The number of benzene rings is 2. The minimum absolute atomic E-state index is 0.103. The van der Waals surface area contributed by atoms with Gasteiger partial charge < -0.3 is 4.74 Å². The molecule has 2 aromatic carbocycles. The number of halogens is 3. The number of rotatable bonds is 5. The zero-order chi connectivity index (χ0) is 17.9. The molecule has 0 amide bonds. The van der Waals surface area contributed by atoms with Crippen LogP contribution in [0.4, 0.5) is 13.2 Å². The van der Waals surface area contributed by atoms with Gasteiger partial charge in [-0.1, -0.05) is 30.0 Å². The van der Waals surface area contributed by atoms with E-state index in [0.717, 1.165) is 17.8 Å². The highest BCUT2D eigenvalue weighted by Crippen LogP contribution is 2.34. The second-order valence-corrected chi connectivity index (χ2v) is 5.96. The summed E-state index contributed by atoms with van der Waals surface area (Å²) >= 11 is 1.14. The van der Waals surface area contributed by atoms with Gasteiger partial charge in [0.25, 0.3) is 0 Å². The number of hydrogen-bond donors (Lipinski definition) is 0. The highest BCUT2D eigenvalue weighted by atomic mass is 32.2. The number of aromatic nitrogens is 4. The van der Waals surface area contributed by atoms with E-state index >= 15 is 0 Å². The van der Waals surface area contributed by atoms with Gasteiger partial charge in [0.2, 0.25) is 5.16 Å². The summed E-state index contributed by atoms with van der Waals surface area (Å²) in [5.41, 5.74) is 0.229. The molecule has 0 spiro atoms. The van der Waals surface area contributed by atoms with Gasteiger partial charge in [-0.15, -0.1) is 5.10 Å². The molecule has 3 rings (SSSR count). The summed E-state index contributed by atoms with van der Waals surface area (Å²) in [6.07, 6.45) is -4.39. The average Bonchev–Trinajstić information content (AvgIpc) is 3.08. The van der Waals surface area contributed by atoms with Gasteiger partial charge in [-0.2, -0.15) is 17.9 Å². The number of alkyl halides is 3. The van der Waals surface area contributed by atoms with Crippen molar-refractivity contribution in [2.24, 2.45) is 0 Å². The average molecular weight is 366 g/mol. The summed E-state index contributed by atoms with van der Waals surface area (Å²) in [4.78, 5) is 0. The first-order valence-electron chi connectivity index (χ1n) is 7.20. The van der Waals surface area contributed by atoms with Crippen molar-refractivity contribution < 1.29 is 17.9 Å². The standard InChI is InChI=1S/C16H13F3N4OS/c1-24-13-8-6-12(7-9-13)23-15(20-21-22-23)25-10-11-4-2-3-5-14(11)16(17,18)19/h2-9H,10H2,1H3. The Labute approximate surface area is 145 Å². The first-order chi connectivity index (χ1) is 12.0. The molecule has 0 fully saturated rings. The molecule has 25 heavy (non-hydrogen) atoms. The van der Waals surface area contributed by atoms with E-state index in [1.807, 2.05) is 0 Å². The zero-order valence-electron chi connectivity index (χ0n) is 13.1. The van der Waals surface area contributed by atoms with Crippen LogP contribution in [-0.2, 0) is 11.9 Å². The van der Waals surface area contributed by atoms with E-state index in [2.05, 4.69) is 15.5 Å². The Balaban J connectivity index is 1.81. The fourth-order valence-corrected chi connectivity index (χ4v) is 3.11. The van der Waals surface area contributed by atoms with Crippen molar-refractivity contribution in [3.63, 3.8) is 0 Å². The minimum Gasteiger partial charge on any atom is -0.497 e. The maximum Gasteiger partial charge on any atom is 0.416 e. The van der Waals surface area contributed by atoms with Crippen molar-refractivity contribution >= 4 is 11.8 Å². The van der Waals surface area contributed by atoms with Gasteiger partial charge in [0, 0.05) is 5.75 Å². The fraction of sp³-hybridized carbons (Fsp3) is 0.188. The molecule has 0 aliphatic rings. The van der Waals surface area contributed by atoms with E-state index in [1.54, 1.807) is 37.4 Å². The molecule has 0 atom stereocenters. The number of tetrazole rings is 1. The molecule has 1 heterocycles. The third-order valence-corrected chi connectivity index (χ3v) is 4.41. The third-order valence-electron chi connectivity index (χ3n) is 3.44. The molecule has 0 N–H and O–H groups in total. The Morgan fingerprint density at radius 3 is 2.48 bits per heavy atom. The van der Waals surface area contributed by atoms with Crippen molar-refractivity contribution in [1.29, 1.82) is 0 Å². The molecule has 0 saturated carbocycles. The lowest BCUT2D eigenvalue weighted by atomic mass is 10.1. The van der Waals surface area contributed by atoms with Gasteiger partial charge in [-0.05, 0) is 46.3 Å². The van der Waals surface area contributed by atoms with Crippen molar-refractivity contribution in [3.8, 4) is 11.4 Å². The van der Waals surface area contributed by atoms with E-state index in [-0.39, 0.29) is 11.3 Å². The van der Waals surface area contributed by atoms with E-state index in [9.17, 15) is 13.2 Å². The van der Waals surface area contributed by atoms with E-state index < -0.39 is 11.7 Å². The lowest BCUT2D eigenvalue weighted by Gasteiger charge is -2.12.